The van der Waals surface area contributed by atoms with E-state index in [1.165, 1.54) is 18.6 Å². The molecule has 0 bridgehead atoms. The molecule has 9 nitrogen and oxygen atoms in total. The molecule has 2 N–H and O–H groups in total. The summed E-state index contributed by atoms with van der Waals surface area (Å²) in [6.45, 7) is 1.99. The van der Waals surface area contributed by atoms with Gasteiger partial charge >= 0.3 is 5.97 Å². The summed E-state index contributed by atoms with van der Waals surface area (Å²) >= 11 is 0. The van der Waals surface area contributed by atoms with E-state index in [9.17, 15) is 14.4 Å². The van der Waals surface area contributed by atoms with Crippen molar-refractivity contribution < 1.29 is 23.9 Å². The van der Waals surface area contributed by atoms with Gasteiger partial charge < -0.3 is 20.1 Å². The quantitative estimate of drug-likeness (QED) is 0.538. The van der Waals surface area contributed by atoms with E-state index in [0.717, 1.165) is 5.75 Å². The number of ether oxygens (including phenoxy) is 2. The predicted molar refractivity (Wildman–Crippen MR) is 113 cm³/mol. The van der Waals surface area contributed by atoms with Gasteiger partial charge in [-0.2, -0.15) is 0 Å². The van der Waals surface area contributed by atoms with Crippen LogP contribution in [0.4, 0.5) is 11.4 Å². The number of hydrogen-bond donors (Lipinski definition) is 2. The van der Waals surface area contributed by atoms with Crippen LogP contribution in [0.15, 0.2) is 67.1 Å². The zero-order valence-electron chi connectivity index (χ0n) is 16.7. The molecule has 1 aromatic heterocycles. The number of amides is 2. The third-order valence-corrected chi connectivity index (χ3v) is 3.96. The first kappa shape index (κ1) is 21.4. The molecule has 0 fully saturated rings. The van der Waals surface area contributed by atoms with Gasteiger partial charge in [0.2, 0.25) is 0 Å². The van der Waals surface area contributed by atoms with Crippen LogP contribution in [0.25, 0.3) is 0 Å². The minimum Gasteiger partial charge on any atom is -0.494 e. The lowest BCUT2D eigenvalue weighted by Gasteiger charge is -2.09. The van der Waals surface area contributed by atoms with E-state index < -0.39 is 18.5 Å². The maximum Gasteiger partial charge on any atom is 0.359 e. The van der Waals surface area contributed by atoms with Crippen molar-refractivity contribution in [1.82, 2.24) is 9.97 Å². The van der Waals surface area contributed by atoms with Gasteiger partial charge in [0.15, 0.2) is 12.3 Å². The Balaban J connectivity index is 1.49. The van der Waals surface area contributed by atoms with Crippen molar-refractivity contribution >= 4 is 29.2 Å². The molecular weight excluding hydrogens is 400 g/mol. The van der Waals surface area contributed by atoms with E-state index in [-0.39, 0.29) is 11.6 Å². The van der Waals surface area contributed by atoms with Gasteiger partial charge in [0, 0.05) is 29.3 Å². The number of benzene rings is 2. The second-order valence-corrected chi connectivity index (χ2v) is 6.20. The zero-order valence-corrected chi connectivity index (χ0v) is 16.7. The van der Waals surface area contributed by atoms with Gasteiger partial charge in [-0.05, 0) is 55.5 Å². The smallest absolute Gasteiger partial charge is 0.359 e. The zero-order chi connectivity index (χ0) is 22.1. The summed E-state index contributed by atoms with van der Waals surface area (Å²) in [6.07, 6.45) is 4.02. The Morgan fingerprint density at radius 2 is 1.58 bits per heavy atom. The molecule has 9 heteroatoms. The molecular formula is C22H20N4O5. The number of esters is 1. The summed E-state index contributed by atoms with van der Waals surface area (Å²) in [4.78, 5) is 43.7. The Bertz CT molecular complexity index is 1040. The summed E-state index contributed by atoms with van der Waals surface area (Å²) in [5.41, 5.74) is 1.52. The third-order valence-electron chi connectivity index (χ3n) is 3.96. The molecule has 0 aliphatic rings. The maximum absolute atomic E-state index is 12.4. The first-order valence-corrected chi connectivity index (χ1v) is 9.42. The number of aromatic nitrogens is 2. The Labute approximate surface area is 178 Å². The van der Waals surface area contributed by atoms with E-state index in [0.29, 0.717) is 23.5 Å². The van der Waals surface area contributed by atoms with Gasteiger partial charge in [-0.25, -0.2) is 9.78 Å². The normalized spacial score (nSPS) is 10.1. The van der Waals surface area contributed by atoms with Crippen LogP contribution in [-0.2, 0) is 9.53 Å². The van der Waals surface area contributed by atoms with Crippen molar-refractivity contribution in [1.29, 1.82) is 0 Å². The van der Waals surface area contributed by atoms with Crippen molar-refractivity contribution in [3.63, 3.8) is 0 Å². The Morgan fingerprint density at radius 1 is 0.903 bits per heavy atom. The topological polar surface area (TPSA) is 120 Å². The molecule has 158 valence electrons. The average Bonchev–Trinajstić information content (AvgIpc) is 2.80. The van der Waals surface area contributed by atoms with E-state index >= 15 is 0 Å². The first-order chi connectivity index (χ1) is 15.0. The van der Waals surface area contributed by atoms with Crippen LogP contribution in [0, 0.1) is 0 Å². The van der Waals surface area contributed by atoms with Gasteiger partial charge in [-0.15, -0.1) is 0 Å². The summed E-state index contributed by atoms with van der Waals surface area (Å²) in [5.74, 6) is -0.837. The fourth-order valence-electron chi connectivity index (χ4n) is 2.52. The van der Waals surface area contributed by atoms with Gasteiger partial charge in [-0.3, -0.25) is 14.6 Å². The lowest BCUT2D eigenvalue weighted by atomic mass is 10.2. The minimum absolute atomic E-state index is 0.0122. The second-order valence-electron chi connectivity index (χ2n) is 6.20. The number of nitrogens with zero attached hydrogens (tertiary/aromatic N) is 2. The number of anilines is 2. The molecule has 3 aromatic rings. The van der Waals surface area contributed by atoms with E-state index in [1.54, 1.807) is 48.5 Å². The van der Waals surface area contributed by atoms with Crippen molar-refractivity contribution in [2.24, 2.45) is 0 Å². The van der Waals surface area contributed by atoms with Crippen LogP contribution >= 0.6 is 0 Å². The molecule has 2 amide bonds. The molecule has 2 aromatic carbocycles. The van der Waals surface area contributed by atoms with Crippen molar-refractivity contribution in [2.45, 2.75) is 6.92 Å². The van der Waals surface area contributed by atoms with Crippen molar-refractivity contribution in [3.8, 4) is 5.75 Å². The molecule has 0 atom stereocenters. The number of hydrogen-bond acceptors (Lipinski definition) is 7. The summed E-state index contributed by atoms with van der Waals surface area (Å²) in [5, 5.41) is 5.37. The van der Waals surface area contributed by atoms with Gasteiger partial charge in [0.25, 0.3) is 11.8 Å². The molecule has 0 saturated carbocycles. The molecule has 0 unspecified atom stereocenters. The highest BCUT2D eigenvalue weighted by Crippen LogP contribution is 2.17. The van der Waals surface area contributed by atoms with E-state index in [4.69, 9.17) is 9.47 Å². The van der Waals surface area contributed by atoms with E-state index in [1.807, 2.05) is 6.92 Å². The number of carbonyl (C=O) groups is 3. The van der Waals surface area contributed by atoms with Gasteiger partial charge in [0.1, 0.15) is 5.75 Å². The number of rotatable bonds is 8. The fraction of sp³-hybridized carbons (Fsp3) is 0.136. The summed E-state index contributed by atoms with van der Waals surface area (Å²) in [6, 6.07) is 13.4. The SMILES string of the molecule is CCOc1ccc(NC(=O)c2ccc(NC(=O)COC(=O)c3cnccn3)cc2)cc1. The van der Waals surface area contributed by atoms with Crippen LogP contribution in [0.1, 0.15) is 27.8 Å². The lowest BCUT2D eigenvalue weighted by Crippen LogP contribution is -2.21. The van der Waals surface area contributed by atoms with Crippen molar-refractivity contribution in [3.05, 3.63) is 78.4 Å². The number of nitrogens with one attached hydrogen (secondary N) is 2. The predicted octanol–water partition coefficient (Wildman–Crippen LogP) is 2.92. The van der Waals surface area contributed by atoms with Crippen LogP contribution < -0.4 is 15.4 Å². The molecule has 31 heavy (non-hydrogen) atoms. The fourth-order valence-corrected chi connectivity index (χ4v) is 2.52. The first-order valence-electron chi connectivity index (χ1n) is 9.42. The average molecular weight is 420 g/mol. The molecule has 3 rings (SSSR count). The highest BCUT2D eigenvalue weighted by Gasteiger charge is 2.12. The summed E-state index contributed by atoms with van der Waals surface area (Å²) in [7, 11) is 0. The summed E-state index contributed by atoms with van der Waals surface area (Å²) < 4.78 is 10.3. The molecule has 0 aliphatic heterocycles. The maximum atomic E-state index is 12.4. The van der Waals surface area contributed by atoms with Crippen LogP contribution in [-0.4, -0.2) is 41.0 Å². The Morgan fingerprint density at radius 3 is 2.23 bits per heavy atom. The second kappa shape index (κ2) is 10.5. The van der Waals surface area contributed by atoms with Gasteiger partial charge in [0.05, 0.1) is 12.8 Å². The number of carbonyl (C=O) groups excluding carboxylic acids is 3. The monoisotopic (exact) mass is 420 g/mol. The lowest BCUT2D eigenvalue weighted by molar-refractivity contribution is -0.119. The van der Waals surface area contributed by atoms with Crippen LogP contribution in [0.3, 0.4) is 0 Å². The highest BCUT2D eigenvalue weighted by molar-refractivity contribution is 6.04. The van der Waals surface area contributed by atoms with Crippen molar-refractivity contribution in [2.75, 3.05) is 23.8 Å². The molecule has 1 heterocycles. The Hall–Kier alpha value is -4.27. The molecule has 0 aliphatic carbocycles. The highest BCUT2D eigenvalue weighted by atomic mass is 16.5. The van der Waals surface area contributed by atoms with Crippen LogP contribution in [0.2, 0.25) is 0 Å². The van der Waals surface area contributed by atoms with Gasteiger partial charge in [-0.1, -0.05) is 0 Å². The largest absolute Gasteiger partial charge is 0.494 e. The Kier molecular flexibility index (Phi) is 7.26. The molecule has 0 saturated heterocycles. The van der Waals surface area contributed by atoms with Crippen LogP contribution in [0.5, 0.6) is 5.75 Å². The standard InChI is InChI=1S/C22H20N4O5/c1-2-30-18-9-7-17(8-10-18)26-21(28)15-3-5-16(6-4-15)25-20(27)14-31-22(29)19-13-23-11-12-24-19/h3-13H,2,14H2,1H3,(H,25,27)(H,26,28). The molecule has 0 spiro atoms. The third kappa shape index (κ3) is 6.36. The van der Waals surface area contributed by atoms with E-state index in [2.05, 4.69) is 20.6 Å². The molecule has 0 radical (unpaired) electrons. The minimum atomic E-state index is -0.746.